The third kappa shape index (κ3) is 6.21. The average Bonchev–Trinajstić information content (AvgIpc) is 3.11. The minimum absolute atomic E-state index is 0.126. The van der Waals surface area contributed by atoms with E-state index in [0.717, 1.165) is 16.9 Å². The highest BCUT2D eigenvalue weighted by Gasteiger charge is 2.19. The Bertz CT molecular complexity index is 1150. The van der Waals surface area contributed by atoms with Gasteiger partial charge in [0.2, 0.25) is 0 Å². The number of nitrogens with zero attached hydrogens (tertiary/aromatic N) is 2. The maximum atomic E-state index is 11.8. The van der Waals surface area contributed by atoms with Gasteiger partial charge in [0.1, 0.15) is 28.1 Å². The van der Waals surface area contributed by atoms with Crippen LogP contribution in [0, 0.1) is 0 Å². The Labute approximate surface area is 193 Å². The molecule has 3 rings (SSSR count). The fraction of sp³-hybridized carbons (Fsp3) is 0.0952. The van der Waals surface area contributed by atoms with Crippen molar-refractivity contribution in [2.24, 2.45) is 21.5 Å². The van der Waals surface area contributed by atoms with E-state index in [1.807, 2.05) is 25.1 Å². The first-order valence-corrected chi connectivity index (χ1v) is 10.6. The van der Waals surface area contributed by atoms with E-state index < -0.39 is 12.0 Å². The zero-order valence-corrected chi connectivity index (χ0v) is 18.7. The monoisotopic (exact) mass is 475 g/mol. The number of amides is 1. The van der Waals surface area contributed by atoms with E-state index in [0.29, 0.717) is 26.5 Å². The lowest BCUT2D eigenvalue weighted by Crippen LogP contribution is -2.22. The number of guanidine groups is 1. The highest BCUT2D eigenvalue weighted by Crippen LogP contribution is 2.38. The van der Waals surface area contributed by atoms with Gasteiger partial charge in [0.15, 0.2) is 5.96 Å². The van der Waals surface area contributed by atoms with Crippen LogP contribution in [0.4, 0.5) is 10.7 Å². The molecule has 1 aromatic heterocycles. The molecule has 0 bridgehead atoms. The number of nitrogens with one attached hydrogen (secondary N) is 1. The van der Waals surface area contributed by atoms with Crippen LogP contribution in [0.1, 0.15) is 28.3 Å². The van der Waals surface area contributed by atoms with E-state index in [1.54, 1.807) is 36.4 Å². The fourth-order valence-electron chi connectivity index (χ4n) is 2.64. The van der Waals surface area contributed by atoms with Gasteiger partial charge < -0.3 is 21.5 Å². The second-order valence-corrected chi connectivity index (χ2v) is 8.19. The number of hydrogen-bond acceptors (Lipinski definition) is 4. The average molecular weight is 476 g/mol. The van der Waals surface area contributed by atoms with Crippen LogP contribution < -0.4 is 21.5 Å². The van der Waals surface area contributed by atoms with Crippen molar-refractivity contribution in [3.8, 4) is 5.75 Å². The van der Waals surface area contributed by atoms with Gasteiger partial charge in [0, 0.05) is 27.4 Å². The van der Waals surface area contributed by atoms with Crippen LogP contribution >= 0.6 is 34.5 Å². The fourth-order valence-corrected chi connectivity index (χ4v) is 3.90. The van der Waals surface area contributed by atoms with E-state index in [2.05, 4.69) is 15.3 Å². The number of anilines is 1. The largest absolute Gasteiger partial charge is 0.484 e. The van der Waals surface area contributed by atoms with E-state index in [-0.39, 0.29) is 10.8 Å². The second-order valence-electron chi connectivity index (χ2n) is 6.32. The number of carbonyl (C=O) groups excluding carboxylic acids is 1. The third-order valence-corrected chi connectivity index (χ3v) is 5.65. The van der Waals surface area contributed by atoms with Crippen molar-refractivity contribution in [1.29, 1.82) is 0 Å². The van der Waals surface area contributed by atoms with Crippen molar-refractivity contribution in [3.63, 3.8) is 0 Å². The summed E-state index contributed by atoms with van der Waals surface area (Å²) in [4.78, 5) is 20.3. The minimum atomic E-state index is -0.613. The van der Waals surface area contributed by atoms with E-state index in [1.165, 1.54) is 6.34 Å². The molecular formula is C21H19Cl2N5O2S. The minimum Gasteiger partial charge on any atom is -0.484 e. The van der Waals surface area contributed by atoms with Gasteiger partial charge in [-0.25, -0.2) is 9.98 Å². The molecule has 1 heterocycles. The van der Waals surface area contributed by atoms with E-state index in [4.69, 9.17) is 39.4 Å². The van der Waals surface area contributed by atoms with E-state index >= 15 is 0 Å². The molecule has 0 radical (unpaired) electrons. The molecule has 5 N–H and O–H groups in total. The summed E-state index contributed by atoms with van der Waals surface area (Å²) in [5, 5.41) is 4.52. The first-order chi connectivity index (χ1) is 14.8. The zero-order chi connectivity index (χ0) is 22.4. The summed E-state index contributed by atoms with van der Waals surface area (Å²) in [5.74, 6) is -0.161. The maximum Gasteiger partial charge on any atom is 0.262 e. The normalized spacial score (nSPS) is 12.7. The Morgan fingerprint density at radius 1 is 1.16 bits per heavy atom. The van der Waals surface area contributed by atoms with Crippen LogP contribution in [0.25, 0.3) is 0 Å². The first-order valence-electron chi connectivity index (χ1n) is 9.06. The highest BCUT2D eigenvalue weighted by molar-refractivity contribution is 7.18. The summed E-state index contributed by atoms with van der Waals surface area (Å²) < 4.78 is 5.94. The lowest BCUT2D eigenvalue weighted by Gasteiger charge is -2.15. The predicted octanol–water partition coefficient (Wildman–Crippen LogP) is 5.38. The first kappa shape index (κ1) is 22.6. The summed E-state index contributed by atoms with van der Waals surface area (Å²) in [6.07, 6.45) is 0.874. The topological polar surface area (TPSA) is 115 Å². The number of hydrogen-bond donors (Lipinski definition) is 3. The molecule has 0 spiro atoms. The standard InChI is InChI=1S/C21H19Cl2N5O2S/c1-12(15-7-2-3-8-16(15)23)30-17-10-18(31-19(17)20(24)29)26-11-27-21(25)28-14-6-4-5-13(22)9-14/h2-12H,1H3,(H2,24,29)(H3,25,26,27,28). The number of primary amides is 1. The number of thiophene rings is 1. The molecule has 0 aliphatic carbocycles. The Hall–Kier alpha value is -3.07. The van der Waals surface area contributed by atoms with Crippen LogP contribution in [0.3, 0.4) is 0 Å². The SMILES string of the molecule is CC(Oc1cc(/N=C/N=C(N)Nc2cccc(Cl)c2)sc1C(N)=O)c1ccccc1Cl. The van der Waals surface area contributed by atoms with Crippen molar-refractivity contribution in [2.45, 2.75) is 13.0 Å². The van der Waals surface area contributed by atoms with Crippen LogP contribution in [-0.4, -0.2) is 18.2 Å². The van der Waals surface area contributed by atoms with Gasteiger partial charge in [-0.2, -0.15) is 0 Å². The van der Waals surface area contributed by atoms with Crippen molar-refractivity contribution >= 4 is 63.4 Å². The number of aliphatic imine (C=N–C) groups is 2. The maximum absolute atomic E-state index is 11.8. The molecule has 0 fully saturated rings. The Morgan fingerprint density at radius 2 is 1.94 bits per heavy atom. The third-order valence-electron chi connectivity index (χ3n) is 4.03. The molecule has 0 saturated carbocycles. The second kappa shape index (κ2) is 10.3. The van der Waals surface area contributed by atoms with Crippen LogP contribution in [0.15, 0.2) is 64.6 Å². The van der Waals surface area contributed by atoms with Crippen molar-refractivity contribution < 1.29 is 9.53 Å². The molecule has 160 valence electrons. The summed E-state index contributed by atoms with van der Waals surface area (Å²) >= 11 is 13.2. The summed E-state index contributed by atoms with van der Waals surface area (Å²) in [6.45, 7) is 1.83. The highest BCUT2D eigenvalue weighted by atomic mass is 35.5. The molecule has 0 aliphatic heterocycles. The Kier molecular flexibility index (Phi) is 7.51. The number of carbonyl (C=O) groups is 1. The number of rotatable bonds is 7. The molecule has 1 unspecified atom stereocenters. The molecule has 0 saturated heterocycles. The lowest BCUT2D eigenvalue weighted by atomic mass is 10.1. The smallest absolute Gasteiger partial charge is 0.262 e. The molecule has 3 aromatic rings. The summed E-state index contributed by atoms with van der Waals surface area (Å²) in [7, 11) is 0. The number of nitrogens with two attached hydrogens (primary N) is 2. The van der Waals surface area contributed by atoms with Crippen molar-refractivity contribution in [1.82, 2.24) is 0 Å². The molecule has 1 atom stereocenters. The predicted molar refractivity (Wildman–Crippen MR) is 128 cm³/mol. The molecule has 10 heteroatoms. The van der Waals surface area contributed by atoms with Gasteiger partial charge in [-0.1, -0.05) is 47.5 Å². The number of ether oxygens (including phenoxy) is 1. The van der Waals surface area contributed by atoms with Crippen molar-refractivity contribution in [2.75, 3.05) is 5.32 Å². The summed E-state index contributed by atoms with van der Waals surface area (Å²) in [5.41, 5.74) is 12.8. The lowest BCUT2D eigenvalue weighted by molar-refractivity contribution is 0.0998. The van der Waals surface area contributed by atoms with Gasteiger partial charge >= 0.3 is 0 Å². The molecule has 2 aromatic carbocycles. The van der Waals surface area contributed by atoms with Gasteiger partial charge in [-0.05, 0) is 31.2 Å². The Morgan fingerprint density at radius 3 is 2.65 bits per heavy atom. The molecule has 7 nitrogen and oxygen atoms in total. The van der Waals surface area contributed by atoms with E-state index in [9.17, 15) is 4.79 Å². The quantitative estimate of drug-likeness (QED) is 0.314. The van der Waals surface area contributed by atoms with Crippen LogP contribution in [0.2, 0.25) is 10.0 Å². The van der Waals surface area contributed by atoms with Gasteiger partial charge in [0.25, 0.3) is 5.91 Å². The number of benzene rings is 2. The summed E-state index contributed by atoms with van der Waals surface area (Å²) in [6, 6.07) is 16.0. The molecule has 31 heavy (non-hydrogen) atoms. The molecular weight excluding hydrogens is 457 g/mol. The number of halogens is 2. The van der Waals surface area contributed by atoms with Gasteiger partial charge in [-0.15, -0.1) is 11.3 Å². The van der Waals surface area contributed by atoms with Crippen molar-refractivity contribution in [3.05, 3.63) is 75.1 Å². The molecule has 0 aliphatic rings. The Balaban J connectivity index is 1.73. The van der Waals surface area contributed by atoms with Gasteiger partial charge in [-0.3, -0.25) is 4.79 Å². The van der Waals surface area contributed by atoms with Crippen LogP contribution in [0.5, 0.6) is 5.75 Å². The zero-order valence-electron chi connectivity index (χ0n) is 16.4. The molecule has 1 amide bonds. The van der Waals surface area contributed by atoms with Gasteiger partial charge in [0.05, 0.1) is 0 Å². The van der Waals surface area contributed by atoms with Crippen LogP contribution in [-0.2, 0) is 0 Å².